The molecule has 0 atom stereocenters. The van der Waals surface area contributed by atoms with Crippen molar-refractivity contribution in [1.29, 1.82) is 0 Å². The Kier molecular flexibility index (Phi) is 3.69. The maximum absolute atomic E-state index is 5.73. The molecule has 2 aromatic heterocycles. The van der Waals surface area contributed by atoms with E-state index in [1.54, 1.807) is 13.3 Å². The molecule has 2 heterocycles. The van der Waals surface area contributed by atoms with Crippen LogP contribution in [0.5, 0.6) is 5.88 Å². The van der Waals surface area contributed by atoms with E-state index in [1.807, 2.05) is 25.1 Å². The summed E-state index contributed by atoms with van der Waals surface area (Å²) < 4.78 is 5.39. The van der Waals surface area contributed by atoms with Crippen molar-refractivity contribution in [3.8, 4) is 17.1 Å². The zero-order chi connectivity index (χ0) is 14.0. The van der Waals surface area contributed by atoms with Crippen molar-refractivity contribution in [1.82, 2.24) is 9.97 Å². The lowest BCUT2D eigenvalue weighted by Crippen LogP contribution is -2.00. The van der Waals surface area contributed by atoms with Gasteiger partial charge >= 0.3 is 0 Å². The van der Waals surface area contributed by atoms with Gasteiger partial charge in [-0.05, 0) is 36.6 Å². The molecule has 0 amide bonds. The van der Waals surface area contributed by atoms with Crippen LogP contribution in [0.4, 0.5) is 5.69 Å². The van der Waals surface area contributed by atoms with Crippen LogP contribution in [0.25, 0.3) is 11.3 Å². The van der Waals surface area contributed by atoms with E-state index < -0.39 is 0 Å². The number of anilines is 1. The third-order valence-electron chi connectivity index (χ3n) is 3.02. The molecule has 0 aromatic carbocycles. The molecule has 19 heavy (non-hydrogen) atoms. The van der Waals surface area contributed by atoms with Gasteiger partial charge in [0.15, 0.2) is 0 Å². The molecular weight excluding hydrogens is 238 g/mol. The smallest absolute Gasteiger partial charge is 0.222 e. The van der Waals surface area contributed by atoms with Crippen molar-refractivity contribution in [2.45, 2.75) is 26.7 Å². The normalized spacial score (nSPS) is 10.8. The lowest BCUT2D eigenvalue weighted by molar-refractivity contribution is 0.397. The van der Waals surface area contributed by atoms with E-state index in [9.17, 15) is 0 Å². The summed E-state index contributed by atoms with van der Waals surface area (Å²) in [4.78, 5) is 8.92. The molecule has 0 aliphatic heterocycles. The molecule has 100 valence electrons. The highest BCUT2D eigenvalue weighted by Gasteiger charge is 2.13. The number of nitrogens with zero attached hydrogens (tertiary/aromatic N) is 2. The summed E-state index contributed by atoms with van der Waals surface area (Å²) in [5, 5.41) is 0. The van der Waals surface area contributed by atoms with Gasteiger partial charge in [-0.25, -0.2) is 4.98 Å². The second-order valence-corrected chi connectivity index (χ2v) is 4.88. The molecule has 2 rings (SSSR count). The van der Waals surface area contributed by atoms with Crippen molar-refractivity contribution >= 4 is 5.69 Å². The molecule has 0 spiro atoms. The maximum Gasteiger partial charge on any atom is 0.222 e. The minimum absolute atomic E-state index is 0.364. The molecule has 4 nitrogen and oxygen atoms in total. The zero-order valence-electron chi connectivity index (χ0n) is 11.8. The van der Waals surface area contributed by atoms with Gasteiger partial charge in [0.25, 0.3) is 0 Å². The average Bonchev–Trinajstić information content (AvgIpc) is 2.38. The Morgan fingerprint density at radius 3 is 2.58 bits per heavy atom. The first-order chi connectivity index (χ1) is 9.02. The molecule has 0 aliphatic rings. The molecule has 0 aliphatic carbocycles. The van der Waals surface area contributed by atoms with Crippen LogP contribution in [0.3, 0.4) is 0 Å². The van der Waals surface area contributed by atoms with Crippen molar-refractivity contribution < 1.29 is 4.74 Å². The Bertz CT molecular complexity index is 594. The van der Waals surface area contributed by atoms with E-state index >= 15 is 0 Å². The highest BCUT2D eigenvalue weighted by molar-refractivity contribution is 5.69. The predicted molar refractivity (Wildman–Crippen MR) is 77.3 cm³/mol. The summed E-state index contributed by atoms with van der Waals surface area (Å²) in [5.74, 6) is 0.968. The maximum atomic E-state index is 5.73. The predicted octanol–water partition coefficient (Wildman–Crippen LogP) is 3.17. The molecule has 2 N–H and O–H groups in total. The van der Waals surface area contributed by atoms with Gasteiger partial charge in [0.1, 0.15) is 0 Å². The number of nitrogens with two attached hydrogens (primary N) is 1. The minimum atomic E-state index is 0.364. The number of aryl methyl sites for hydroxylation is 1. The van der Waals surface area contributed by atoms with Gasteiger partial charge in [-0.15, -0.1) is 0 Å². The summed E-state index contributed by atoms with van der Waals surface area (Å²) in [6, 6.07) is 5.92. The molecule has 0 bridgehead atoms. The Morgan fingerprint density at radius 1 is 1.26 bits per heavy atom. The van der Waals surface area contributed by atoms with Crippen LogP contribution in [-0.2, 0) is 0 Å². The lowest BCUT2D eigenvalue weighted by atomic mass is 10.0. The highest BCUT2D eigenvalue weighted by atomic mass is 16.5. The number of pyridine rings is 2. The van der Waals surface area contributed by atoms with Crippen LogP contribution in [0.2, 0.25) is 0 Å². The number of hydrogen-bond acceptors (Lipinski definition) is 4. The van der Waals surface area contributed by atoms with Crippen LogP contribution in [0.15, 0.2) is 24.4 Å². The summed E-state index contributed by atoms with van der Waals surface area (Å²) in [7, 11) is 1.63. The Labute approximate surface area is 113 Å². The lowest BCUT2D eigenvalue weighted by Gasteiger charge is -2.12. The van der Waals surface area contributed by atoms with Crippen LogP contribution >= 0.6 is 0 Å². The second kappa shape index (κ2) is 5.26. The summed E-state index contributed by atoms with van der Waals surface area (Å²) >= 11 is 0. The Morgan fingerprint density at radius 2 is 2.00 bits per heavy atom. The second-order valence-electron chi connectivity index (χ2n) is 4.88. The molecule has 4 heteroatoms. The largest absolute Gasteiger partial charge is 0.480 e. The van der Waals surface area contributed by atoms with Crippen molar-refractivity contribution in [2.75, 3.05) is 12.8 Å². The van der Waals surface area contributed by atoms with Crippen molar-refractivity contribution in [2.24, 2.45) is 0 Å². The highest BCUT2D eigenvalue weighted by Crippen LogP contribution is 2.31. The molecule has 0 saturated carbocycles. The van der Waals surface area contributed by atoms with Gasteiger partial charge in [-0.1, -0.05) is 13.8 Å². The van der Waals surface area contributed by atoms with Gasteiger partial charge in [-0.2, -0.15) is 0 Å². The van der Waals surface area contributed by atoms with Crippen LogP contribution < -0.4 is 10.5 Å². The van der Waals surface area contributed by atoms with E-state index in [0.29, 0.717) is 17.5 Å². The average molecular weight is 257 g/mol. The number of methoxy groups -OCH3 is 1. The van der Waals surface area contributed by atoms with E-state index in [1.165, 1.54) is 0 Å². The first-order valence-electron chi connectivity index (χ1n) is 6.30. The molecular formula is C15H19N3O. The van der Waals surface area contributed by atoms with Gasteiger partial charge < -0.3 is 10.5 Å². The quantitative estimate of drug-likeness (QED) is 0.917. The minimum Gasteiger partial charge on any atom is -0.480 e. The Balaban J connectivity index is 2.55. The summed E-state index contributed by atoms with van der Waals surface area (Å²) in [5.41, 5.74) is 10.2. The van der Waals surface area contributed by atoms with Crippen LogP contribution in [0.1, 0.15) is 31.0 Å². The topological polar surface area (TPSA) is 61.0 Å². The number of hydrogen-bond donors (Lipinski definition) is 1. The molecule has 2 aromatic rings. The van der Waals surface area contributed by atoms with Crippen LogP contribution in [-0.4, -0.2) is 17.1 Å². The molecule has 0 unspecified atom stereocenters. The summed E-state index contributed by atoms with van der Waals surface area (Å²) in [6.45, 7) is 6.19. The number of rotatable bonds is 3. The van der Waals surface area contributed by atoms with E-state index in [-0.39, 0.29) is 0 Å². The monoisotopic (exact) mass is 257 g/mol. The van der Waals surface area contributed by atoms with E-state index in [4.69, 9.17) is 10.5 Å². The zero-order valence-corrected chi connectivity index (χ0v) is 11.8. The van der Waals surface area contributed by atoms with Gasteiger partial charge in [0, 0.05) is 5.69 Å². The fourth-order valence-corrected chi connectivity index (χ4v) is 1.99. The van der Waals surface area contributed by atoms with Gasteiger partial charge in [0.2, 0.25) is 5.88 Å². The fourth-order valence-electron chi connectivity index (χ4n) is 1.99. The first kappa shape index (κ1) is 13.3. The summed E-state index contributed by atoms with van der Waals surface area (Å²) in [6.07, 6.45) is 1.65. The van der Waals surface area contributed by atoms with Crippen molar-refractivity contribution in [3.05, 3.63) is 35.7 Å². The Hall–Kier alpha value is -2.10. The van der Waals surface area contributed by atoms with Gasteiger partial charge in [0.05, 0.1) is 30.3 Å². The number of ether oxygens (including phenoxy) is 1. The van der Waals surface area contributed by atoms with E-state index in [2.05, 4.69) is 23.8 Å². The number of nitrogen functional groups attached to an aromatic ring is 1. The molecule has 0 fully saturated rings. The third-order valence-corrected chi connectivity index (χ3v) is 3.02. The fraction of sp³-hybridized carbons (Fsp3) is 0.333. The van der Waals surface area contributed by atoms with E-state index in [0.717, 1.165) is 22.5 Å². The standard InChI is InChI=1S/C15H19N3O/c1-9(2)13-6-5-12(15(18-13)19-4)14-10(3)7-11(16)8-17-14/h5-9H,16H2,1-4H3. The third kappa shape index (κ3) is 2.67. The van der Waals surface area contributed by atoms with Crippen LogP contribution in [0, 0.1) is 6.92 Å². The first-order valence-corrected chi connectivity index (χ1v) is 6.30. The van der Waals surface area contributed by atoms with Gasteiger partial charge in [-0.3, -0.25) is 4.98 Å². The SMILES string of the molecule is COc1nc(C(C)C)ccc1-c1ncc(N)cc1C. The number of aromatic nitrogens is 2. The van der Waals surface area contributed by atoms with Crippen molar-refractivity contribution in [3.63, 3.8) is 0 Å². The molecule has 0 radical (unpaired) electrons. The molecule has 0 saturated heterocycles.